The molecule has 0 spiro atoms. The molecule has 1 aliphatic rings. The Morgan fingerprint density at radius 3 is 2.87 bits per heavy atom. The third-order valence-corrected chi connectivity index (χ3v) is 2.85. The van der Waals surface area contributed by atoms with Gasteiger partial charge in [-0.15, -0.1) is 0 Å². The Morgan fingerprint density at radius 1 is 1.53 bits per heavy atom. The van der Waals surface area contributed by atoms with Gasteiger partial charge in [-0.05, 0) is 32.7 Å². The van der Waals surface area contributed by atoms with Crippen molar-refractivity contribution in [3.05, 3.63) is 12.2 Å². The van der Waals surface area contributed by atoms with Crippen LogP contribution in [0.2, 0.25) is 0 Å². The van der Waals surface area contributed by atoms with Crippen molar-refractivity contribution < 1.29 is 9.53 Å². The molecule has 3 nitrogen and oxygen atoms in total. The highest BCUT2D eigenvalue weighted by Crippen LogP contribution is 2.19. The van der Waals surface area contributed by atoms with Gasteiger partial charge in [-0.25, -0.2) is 0 Å². The molecular formula is C12H21NO2. The van der Waals surface area contributed by atoms with Crippen LogP contribution in [0.1, 0.15) is 33.1 Å². The van der Waals surface area contributed by atoms with E-state index in [0.717, 1.165) is 32.4 Å². The predicted octanol–water partition coefficient (Wildman–Crippen LogP) is 1.98. The Bertz CT molecular complexity index is 238. The van der Waals surface area contributed by atoms with Gasteiger partial charge in [-0.3, -0.25) is 9.69 Å². The Kier molecular flexibility index (Phi) is 4.82. The van der Waals surface area contributed by atoms with Crippen molar-refractivity contribution in [3.8, 4) is 0 Å². The number of carbonyl (C=O) groups is 1. The van der Waals surface area contributed by atoms with Crippen LogP contribution in [0.5, 0.6) is 0 Å². The molecule has 0 N–H and O–H groups in total. The highest BCUT2D eigenvalue weighted by Gasteiger charge is 2.31. The molecule has 0 aromatic carbocycles. The van der Waals surface area contributed by atoms with Crippen LogP contribution < -0.4 is 0 Å². The van der Waals surface area contributed by atoms with Gasteiger partial charge in [-0.1, -0.05) is 19.1 Å². The second-order valence-electron chi connectivity index (χ2n) is 3.98. The fraction of sp³-hybridized carbons (Fsp3) is 0.750. The number of likely N-dealkylation sites (tertiary alicyclic amines) is 1. The van der Waals surface area contributed by atoms with Crippen LogP contribution in [0.15, 0.2) is 12.2 Å². The molecule has 1 aliphatic heterocycles. The molecule has 1 saturated heterocycles. The maximum Gasteiger partial charge on any atom is 0.323 e. The standard InChI is InChI=1S/C12H21NO2/c1-4-10(3)9-13-8-6-7-11(13)12(14)15-5-2/h11H,3-9H2,1-2H3. The molecule has 0 aromatic rings. The predicted molar refractivity (Wildman–Crippen MR) is 60.7 cm³/mol. The SMILES string of the molecule is C=C(CC)CN1CCCC1C(=O)OCC. The molecule has 1 rings (SSSR count). The van der Waals surface area contributed by atoms with Gasteiger partial charge < -0.3 is 4.74 Å². The summed E-state index contributed by atoms with van der Waals surface area (Å²) in [7, 11) is 0. The second kappa shape index (κ2) is 5.91. The van der Waals surface area contributed by atoms with Gasteiger partial charge >= 0.3 is 5.97 Å². The summed E-state index contributed by atoms with van der Waals surface area (Å²) in [5, 5.41) is 0. The first-order valence-electron chi connectivity index (χ1n) is 5.76. The minimum absolute atomic E-state index is 0.0340. The van der Waals surface area contributed by atoms with Crippen LogP contribution in [-0.4, -0.2) is 36.6 Å². The molecule has 1 fully saturated rings. The lowest BCUT2D eigenvalue weighted by atomic mass is 10.2. The van der Waals surface area contributed by atoms with Crippen LogP contribution >= 0.6 is 0 Å². The van der Waals surface area contributed by atoms with Gasteiger partial charge in [0.2, 0.25) is 0 Å². The van der Waals surface area contributed by atoms with E-state index < -0.39 is 0 Å². The first-order chi connectivity index (χ1) is 7.19. The average molecular weight is 211 g/mol. The molecule has 0 aromatic heterocycles. The lowest BCUT2D eigenvalue weighted by molar-refractivity contribution is -0.148. The first-order valence-corrected chi connectivity index (χ1v) is 5.76. The zero-order valence-electron chi connectivity index (χ0n) is 9.79. The molecule has 1 unspecified atom stereocenters. The van der Waals surface area contributed by atoms with E-state index >= 15 is 0 Å². The fourth-order valence-corrected chi connectivity index (χ4v) is 1.92. The Hall–Kier alpha value is -0.830. The Morgan fingerprint density at radius 2 is 2.27 bits per heavy atom. The first kappa shape index (κ1) is 12.2. The minimum Gasteiger partial charge on any atom is -0.465 e. The summed E-state index contributed by atoms with van der Waals surface area (Å²) < 4.78 is 5.06. The van der Waals surface area contributed by atoms with E-state index in [-0.39, 0.29) is 12.0 Å². The van der Waals surface area contributed by atoms with Crippen LogP contribution in [0.3, 0.4) is 0 Å². The zero-order chi connectivity index (χ0) is 11.3. The molecular weight excluding hydrogens is 190 g/mol. The van der Waals surface area contributed by atoms with E-state index in [0.29, 0.717) is 6.61 Å². The van der Waals surface area contributed by atoms with Crippen LogP contribution in [0, 0.1) is 0 Å². The van der Waals surface area contributed by atoms with Crippen LogP contribution in [0.25, 0.3) is 0 Å². The molecule has 0 bridgehead atoms. The van der Waals surface area contributed by atoms with E-state index in [2.05, 4.69) is 18.4 Å². The number of ether oxygens (including phenoxy) is 1. The lowest BCUT2D eigenvalue weighted by Crippen LogP contribution is -2.38. The summed E-state index contributed by atoms with van der Waals surface area (Å²) >= 11 is 0. The molecule has 0 amide bonds. The number of esters is 1. The topological polar surface area (TPSA) is 29.5 Å². The van der Waals surface area contributed by atoms with Gasteiger partial charge in [0.1, 0.15) is 6.04 Å². The quantitative estimate of drug-likeness (QED) is 0.514. The summed E-state index contributed by atoms with van der Waals surface area (Å²) in [6.07, 6.45) is 2.99. The monoisotopic (exact) mass is 211 g/mol. The van der Waals surface area contributed by atoms with Gasteiger partial charge in [-0.2, -0.15) is 0 Å². The highest BCUT2D eigenvalue weighted by molar-refractivity contribution is 5.76. The summed E-state index contributed by atoms with van der Waals surface area (Å²) in [6.45, 7) is 10.2. The van der Waals surface area contributed by atoms with Crippen molar-refractivity contribution in [2.24, 2.45) is 0 Å². The molecule has 0 saturated carbocycles. The number of carbonyl (C=O) groups excluding carboxylic acids is 1. The fourth-order valence-electron chi connectivity index (χ4n) is 1.92. The Balaban J connectivity index is 2.49. The maximum absolute atomic E-state index is 11.6. The number of hydrogen-bond donors (Lipinski definition) is 0. The molecule has 15 heavy (non-hydrogen) atoms. The van der Waals surface area contributed by atoms with Crippen LogP contribution in [0.4, 0.5) is 0 Å². The summed E-state index contributed by atoms with van der Waals surface area (Å²) in [5.41, 5.74) is 1.19. The van der Waals surface area contributed by atoms with E-state index in [1.807, 2.05) is 6.92 Å². The number of rotatable bonds is 5. The maximum atomic E-state index is 11.6. The minimum atomic E-state index is -0.0705. The number of hydrogen-bond acceptors (Lipinski definition) is 3. The molecule has 3 heteroatoms. The van der Waals surface area contributed by atoms with Crippen molar-refractivity contribution in [1.29, 1.82) is 0 Å². The molecule has 1 atom stereocenters. The highest BCUT2D eigenvalue weighted by atomic mass is 16.5. The summed E-state index contributed by atoms with van der Waals surface area (Å²) in [4.78, 5) is 13.8. The smallest absolute Gasteiger partial charge is 0.323 e. The van der Waals surface area contributed by atoms with Gasteiger partial charge in [0.05, 0.1) is 6.61 Å². The summed E-state index contributed by atoms with van der Waals surface area (Å²) in [6, 6.07) is -0.0340. The third kappa shape index (κ3) is 3.34. The van der Waals surface area contributed by atoms with E-state index in [9.17, 15) is 4.79 Å². The van der Waals surface area contributed by atoms with Crippen molar-refractivity contribution >= 4 is 5.97 Å². The normalized spacial score (nSPS) is 21.6. The lowest BCUT2D eigenvalue weighted by Gasteiger charge is -2.23. The van der Waals surface area contributed by atoms with Gasteiger partial charge in [0.25, 0.3) is 0 Å². The third-order valence-electron chi connectivity index (χ3n) is 2.85. The molecule has 0 aliphatic carbocycles. The summed E-state index contributed by atoms with van der Waals surface area (Å²) in [5.74, 6) is -0.0705. The average Bonchev–Trinajstić information content (AvgIpc) is 2.66. The zero-order valence-corrected chi connectivity index (χ0v) is 9.79. The second-order valence-corrected chi connectivity index (χ2v) is 3.98. The van der Waals surface area contributed by atoms with E-state index in [1.165, 1.54) is 5.57 Å². The number of nitrogens with zero attached hydrogens (tertiary/aromatic N) is 1. The van der Waals surface area contributed by atoms with Crippen LogP contribution in [-0.2, 0) is 9.53 Å². The van der Waals surface area contributed by atoms with Crippen molar-refractivity contribution in [2.75, 3.05) is 19.7 Å². The van der Waals surface area contributed by atoms with E-state index in [4.69, 9.17) is 4.74 Å². The molecule has 1 heterocycles. The van der Waals surface area contributed by atoms with Crippen molar-refractivity contribution in [2.45, 2.75) is 39.2 Å². The molecule has 0 radical (unpaired) electrons. The van der Waals surface area contributed by atoms with Crippen molar-refractivity contribution in [3.63, 3.8) is 0 Å². The Labute approximate surface area is 92.1 Å². The molecule has 86 valence electrons. The largest absolute Gasteiger partial charge is 0.465 e. The van der Waals surface area contributed by atoms with Gasteiger partial charge in [0.15, 0.2) is 0 Å². The van der Waals surface area contributed by atoms with E-state index in [1.54, 1.807) is 0 Å². The van der Waals surface area contributed by atoms with Crippen molar-refractivity contribution in [1.82, 2.24) is 4.90 Å². The van der Waals surface area contributed by atoms with Gasteiger partial charge in [0, 0.05) is 6.54 Å².